The van der Waals surface area contributed by atoms with Crippen molar-refractivity contribution < 1.29 is 19.1 Å². The predicted molar refractivity (Wildman–Crippen MR) is 123 cm³/mol. The Morgan fingerprint density at radius 2 is 1.81 bits per heavy atom. The number of nitrogens with two attached hydrogens (primary N) is 1. The van der Waals surface area contributed by atoms with Gasteiger partial charge < -0.3 is 25.1 Å². The molecule has 1 atom stereocenters. The van der Waals surface area contributed by atoms with Crippen molar-refractivity contribution in [1.82, 2.24) is 4.90 Å². The number of nitrogen functional groups attached to an aromatic ring is 1. The topological polar surface area (TPSA) is 100 Å². The second-order valence-electron chi connectivity index (χ2n) is 8.08. The van der Waals surface area contributed by atoms with Crippen LogP contribution in [0.4, 0.5) is 11.4 Å². The lowest BCUT2D eigenvalue weighted by Crippen LogP contribution is -2.48. The van der Waals surface area contributed by atoms with Crippen LogP contribution >= 0.6 is 0 Å². The van der Waals surface area contributed by atoms with Gasteiger partial charge in [-0.05, 0) is 48.7 Å². The summed E-state index contributed by atoms with van der Waals surface area (Å²) in [6.07, 6.45) is 2.94. The Morgan fingerprint density at radius 3 is 2.44 bits per heavy atom. The molecular formula is C25H27N3O4. The summed E-state index contributed by atoms with van der Waals surface area (Å²) in [6.45, 7) is 1.84. The normalized spacial score (nSPS) is 15.9. The number of nitrogens with zero attached hydrogens (tertiary/aromatic N) is 2. The van der Waals surface area contributed by atoms with Gasteiger partial charge in [-0.1, -0.05) is 36.4 Å². The molecule has 0 radical (unpaired) electrons. The zero-order valence-electron chi connectivity index (χ0n) is 17.8. The molecule has 1 aliphatic heterocycles. The number of carbonyl (C=O) groups is 2. The molecule has 1 amide bonds. The van der Waals surface area contributed by atoms with Gasteiger partial charge in [0.1, 0.15) is 0 Å². The number of benzene rings is 2. The third kappa shape index (κ3) is 4.84. The van der Waals surface area contributed by atoms with Crippen molar-refractivity contribution in [3.05, 3.63) is 84.3 Å². The summed E-state index contributed by atoms with van der Waals surface area (Å²) >= 11 is 0. The van der Waals surface area contributed by atoms with Crippen LogP contribution in [0, 0.1) is 0 Å². The van der Waals surface area contributed by atoms with E-state index in [0.717, 1.165) is 24.1 Å². The van der Waals surface area contributed by atoms with Crippen LogP contribution in [0.15, 0.2) is 77.4 Å². The molecule has 3 aromatic rings. The van der Waals surface area contributed by atoms with Crippen molar-refractivity contribution in [3.63, 3.8) is 0 Å². The average molecular weight is 434 g/mol. The molecule has 3 N–H and O–H groups in total. The van der Waals surface area contributed by atoms with E-state index in [1.807, 2.05) is 42.5 Å². The van der Waals surface area contributed by atoms with Gasteiger partial charge in [-0.15, -0.1) is 0 Å². The number of amides is 1. The minimum atomic E-state index is -0.826. The van der Waals surface area contributed by atoms with Gasteiger partial charge >= 0.3 is 5.97 Å². The number of carboxylic acid groups (broad SMARTS) is 1. The van der Waals surface area contributed by atoms with Gasteiger partial charge in [0.05, 0.1) is 12.2 Å². The molecule has 7 nitrogen and oxygen atoms in total. The number of likely N-dealkylation sites (tertiary alicyclic amines) is 1. The highest BCUT2D eigenvalue weighted by atomic mass is 16.4. The number of hydrogen-bond donors (Lipinski definition) is 2. The highest BCUT2D eigenvalue weighted by molar-refractivity contribution is 6.04. The molecule has 7 heteroatoms. The zero-order valence-corrected chi connectivity index (χ0v) is 17.8. The fourth-order valence-electron chi connectivity index (χ4n) is 4.32. The summed E-state index contributed by atoms with van der Waals surface area (Å²) in [5, 5.41) is 9.75. The summed E-state index contributed by atoms with van der Waals surface area (Å²) in [5.41, 5.74) is 8.10. The molecule has 0 saturated carbocycles. The van der Waals surface area contributed by atoms with Crippen molar-refractivity contribution in [1.29, 1.82) is 0 Å². The first-order valence-electron chi connectivity index (χ1n) is 10.8. The maximum Gasteiger partial charge on any atom is 0.312 e. The number of aliphatic carboxylic acids is 1. The average Bonchev–Trinajstić information content (AvgIpc) is 3.34. The molecule has 1 aliphatic rings. The van der Waals surface area contributed by atoms with Crippen LogP contribution < -0.4 is 10.6 Å². The van der Waals surface area contributed by atoms with Gasteiger partial charge in [0.15, 0.2) is 5.76 Å². The maximum atomic E-state index is 13.3. The van der Waals surface area contributed by atoms with Crippen molar-refractivity contribution in [2.75, 3.05) is 30.3 Å². The molecule has 0 spiro atoms. The molecule has 0 bridgehead atoms. The highest BCUT2D eigenvalue weighted by Gasteiger charge is 2.32. The molecule has 1 fully saturated rings. The third-order valence-electron chi connectivity index (χ3n) is 5.96. The van der Waals surface area contributed by atoms with Crippen LogP contribution in [-0.4, -0.2) is 47.6 Å². The lowest BCUT2D eigenvalue weighted by Gasteiger charge is -2.39. The molecule has 166 valence electrons. The Labute approximate surface area is 187 Å². The molecule has 4 rings (SSSR count). The Kier molecular flexibility index (Phi) is 6.56. The summed E-state index contributed by atoms with van der Waals surface area (Å²) in [4.78, 5) is 29.1. The van der Waals surface area contributed by atoms with Crippen LogP contribution in [0.5, 0.6) is 0 Å². The van der Waals surface area contributed by atoms with Gasteiger partial charge in [0.25, 0.3) is 5.91 Å². The molecule has 2 aromatic carbocycles. The van der Waals surface area contributed by atoms with Gasteiger partial charge in [-0.2, -0.15) is 0 Å². The van der Waals surface area contributed by atoms with Crippen LogP contribution in [0.1, 0.15) is 34.9 Å². The van der Waals surface area contributed by atoms with Crippen molar-refractivity contribution in [3.8, 4) is 0 Å². The van der Waals surface area contributed by atoms with E-state index in [-0.39, 0.29) is 17.7 Å². The van der Waals surface area contributed by atoms with Crippen molar-refractivity contribution in [2.24, 2.45) is 0 Å². The Morgan fingerprint density at radius 1 is 1.06 bits per heavy atom. The largest absolute Gasteiger partial charge is 0.481 e. The number of anilines is 2. The molecule has 1 saturated heterocycles. The van der Waals surface area contributed by atoms with E-state index in [1.54, 1.807) is 29.2 Å². The van der Waals surface area contributed by atoms with Gasteiger partial charge in [-0.3, -0.25) is 9.59 Å². The van der Waals surface area contributed by atoms with E-state index in [0.29, 0.717) is 25.3 Å². The van der Waals surface area contributed by atoms with Crippen LogP contribution in [-0.2, 0) is 4.79 Å². The first-order valence-corrected chi connectivity index (χ1v) is 10.8. The number of rotatable bonds is 7. The second kappa shape index (κ2) is 9.70. The fraction of sp³-hybridized carbons (Fsp3) is 0.280. The fourth-order valence-corrected chi connectivity index (χ4v) is 4.32. The zero-order chi connectivity index (χ0) is 22.5. The van der Waals surface area contributed by atoms with E-state index in [4.69, 9.17) is 10.2 Å². The van der Waals surface area contributed by atoms with Crippen molar-refractivity contribution >= 4 is 23.3 Å². The van der Waals surface area contributed by atoms with Crippen molar-refractivity contribution in [2.45, 2.75) is 24.8 Å². The van der Waals surface area contributed by atoms with E-state index in [9.17, 15) is 14.7 Å². The van der Waals surface area contributed by atoms with Gasteiger partial charge in [0, 0.05) is 37.1 Å². The summed E-state index contributed by atoms with van der Waals surface area (Å²) in [5.74, 6) is -1.33. The van der Waals surface area contributed by atoms with Crippen LogP contribution in [0.2, 0.25) is 0 Å². The van der Waals surface area contributed by atoms with Crippen LogP contribution in [0.3, 0.4) is 0 Å². The third-order valence-corrected chi connectivity index (χ3v) is 5.96. The number of carboxylic acids is 1. The Balaban J connectivity index is 1.49. The maximum absolute atomic E-state index is 13.3. The van der Waals surface area contributed by atoms with Crippen LogP contribution in [0.25, 0.3) is 0 Å². The smallest absolute Gasteiger partial charge is 0.312 e. The first kappa shape index (κ1) is 21.6. The molecular weight excluding hydrogens is 406 g/mol. The summed E-state index contributed by atoms with van der Waals surface area (Å²) in [6, 6.07) is 19.9. The standard InChI is InChI=1S/C25H27N3O4/c26-19-8-4-9-21(16-19)28(24(29)23-10-5-15-32-23)20-11-13-27(14-12-20)17-22(25(30)31)18-6-2-1-3-7-18/h1-10,15-16,20,22H,11-14,17,26H2,(H,30,31). The molecule has 2 heterocycles. The van der Waals surface area contributed by atoms with E-state index in [1.165, 1.54) is 6.26 Å². The summed E-state index contributed by atoms with van der Waals surface area (Å²) in [7, 11) is 0. The minimum absolute atomic E-state index is 0.0364. The quantitative estimate of drug-likeness (QED) is 0.549. The Hall–Kier alpha value is -3.58. The SMILES string of the molecule is Nc1cccc(N(C(=O)c2ccco2)C2CCN(CC(C(=O)O)c3ccccc3)CC2)c1. The highest BCUT2D eigenvalue weighted by Crippen LogP contribution is 2.28. The number of hydrogen-bond acceptors (Lipinski definition) is 5. The minimum Gasteiger partial charge on any atom is -0.481 e. The molecule has 1 unspecified atom stereocenters. The molecule has 1 aromatic heterocycles. The second-order valence-corrected chi connectivity index (χ2v) is 8.08. The lowest BCUT2D eigenvalue weighted by atomic mass is 9.96. The molecule has 32 heavy (non-hydrogen) atoms. The summed E-state index contributed by atoms with van der Waals surface area (Å²) < 4.78 is 5.37. The van der Waals surface area contributed by atoms with Gasteiger partial charge in [0.2, 0.25) is 0 Å². The van der Waals surface area contributed by atoms with E-state index < -0.39 is 11.9 Å². The van der Waals surface area contributed by atoms with E-state index >= 15 is 0 Å². The van der Waals surface area contributed by atoms with E-state index in [2.05, 4.69) is 4.90 Å². The molecule has 0 aliphatic carbocycles. The Bertz CT molecular complexity index is 1040. The lowest BCUT2D eigenvalue weighted by molar-refractivity contribution is -0.139. The van der Waals surface area contributed by atoms with Gasteiger partial charge in [-0.25, -0.2) is 0 Å². The monoisotopic (exact) mass is 433 g/mol. The number of furan rings is 1. The number of carbonyl (C=O) groups excluding carboxylic acids is 1. The number of piperidine rings is 1. The first-order chi connectivity index (χ1) is 15.5. The predicted octanol–water partition coefficient (Wildman–Crippen LogP) is 3.84.